The van der Waals surface area contributed by atoms with Gasteiger partial charge in [0.25, 0.3) is 0 Å². The third-order valence-electron chi connectivity index (χ3n) is 1.44. The molecule has 0 saturated carbocycles. The topological polar surface area (TPSA) is 66.0 Å². The van der Waals surface area contributed by atoms with E-state index in [4.69, 9.17) is 16.7 Å². The van der Waals surface area contributed by atoms with Crippen LogP contribution < -0.4 is 0 Å². The van der Waals surface area contributed by atoms with Gasteiger partial charge in [-0.2, -0.15) is 0 Å². The molecule has 0 spiro atoms. The van der Waals surface area contributed by atoms with Crippen LogP contribution in [0.4, 0.5) is 0 Å². The molecule has 1 rings (SSSR count). The van der Waals surface area contributed by atoms with Gasteiger partial charge in [-0.3, -0.25) is 4.79 Å². The zero-order valence-electron chi connectivity index (χ0n) is 6.59. The number of nitrogens with zero attached hydrogens (tertiary/aromatic N) is 1. The highest BCUT2D eigenvalue weighted by molar-refractivity contribution is 6.30. The van der Waals surface area contributed by atoms with Crippen molar-refractivity contribution < 1.29 is 9.90 Å². The highest BCUT2D eigenvalue weighted by atomic mass is 35.5. The van der Waals surface area contributed by atoms with Crippen LogP contribution in [0.2, 0.25) is 5.15 Å². The van der Waals surface area contributed by atoms with E-state index in [-0.39, 0.29) is 6.42 Å². The molecule has 4 nitrogen and oxygen atoms in total. The molecule has 1 heterocycles. The van der Waals surface area contributed by atoms with Crippen molar-refractivity contribution in [1.82, 2.24) is 9.97 Å². The minimum Gasteiger partial charge on any atom is -0.481 e. The Balaban J connectivity index is 2.62. The number of aryl methyl sites for hydroxylation is 2. The standard InChI is InChI=1S/C7H9ClN2O2/c1-4-9-5(7(8)10-4)2-3-6(11)12/h2-3H2,1H3,(H,9,10)(H,11,12). The second-order valence-corrected chi connectivity index (χ2v) is 2.84. The molecule has 0 unspecified atom stereocenters. The number of aromatic nitrogens is 2. The van der Waals surface area contributed by atoms with Gasteiger partial charge in [0.1, 0.15) is 11.0 Å². The van der Waals surface area contributed by atoms with Crippen molar-refractivity contribution in [1.29, 1.82) is 0 Å². The van der Waals surface area contributed by atoms with Crippen molar-refractivity contribution >= 4 is 17.6 Å². The number of H-pyrrole nitrogens is 1. The van der Waals surface area contributed by atoms with Crippen molar-refractivity contribution in [2.45, 2.75) is 19.8 Å². The molecule has 5 heteroatoms. The lowest BCUT2D eigenvalue weighted by Crippen LogP contribution is -1.97. The molecule has 0 saturated heterocycles. The van der Waals surface area contributed by atoms with Crippen LogP contribution in [0.1, 0.15) is 17.9 Å². The van der Waals surface area contributed by atoms with Crippen molar-refractivity contribution in [2.24, 2.45) is 0 Å². The van der Waals surface area contributed by atoms with Gasteiger partial charge >= 0.3 is 5.97 Å². The Morgan fingerprint density at radius 3 is 2.83 bits per heavy atom. The molecule has 1 aromatic rings. The zero-order chi connectivity index (χ0) is 9.14. The second-order valence-electron chi connectivity index (χ2n) is 2.49. The van der Waals surface area contributed by atoms with Crippen LogP contribution in [0.25, 0.3) is 0 Å². The first-order chi connectivity index (χ1) is 5.59. The fourth-order valence-corrected chi connectivity index (χ4v) is 1.18. The maximum Gasteiger partial charge on any atom is 0.303 e. The van der Waals surface area contributed by atoms with Gasteiger partial charge in [0.15, 0.2) is 0 Å². The predicted octanol–water partition coefficient (Wildman–Crippen LogP) is 1.39. The molecular weight excluding hydrogens is 180 g/mol. The molecule has 2 N–H and O–H groups in total. The van der Waals surface area contributed by atoms with Gasteiger partial charge in [0, 0.05) is 6.42 Å². The minimum absolute atomic E-state index is 0.0708. The number of aromatic amines is 1. The Kier molecular flexibility index (Phi) is 2.70. The molecule has 0 atom stereocenters. The predicted molar refractivity (Wildman–Crippen MR) is 44.3 cm³/mol. The summed E-state index contributed by atoms with van der Waals surface area (Å²) in [6.07, 6.45) is 0.469. The first kappa shape index (κ1) is 9.06. The van der Waals surface area contributed by atoms with E-state index in [9.17, 15) is 4.79 Å². The number of carbonyl (C=O) groups is 1. The Labute approximate surface area is 74.6 Å². The summed E-state index contributed by atoms with van der Waals surface area (Å²) < 4.78 is 0. The van der Waals surface area contributed by atoms with E-state index in [2.05, 4.69) is 9.97 Å². The van der Waals surface area contributed by atoms with Gasteiger partial charge in [-0.15, -0.1) is 0 Å². The van der Waals surface area contributed by atoms with Gasteiger partial charge in [-0.05, 0) is 6.92 Å². The Morgan fingerprint density at radius 1 is 1.75 bits per heavy atom. The van der Waals surface area contributed by atoms with Gasteiger partial charge in [-0.25, -0.2) is 4.98 Å². The number of hydrogen-bond donors (Lipinski definition) is 2. The Hall–Kier alpha value is -1.03. The lowest BCUT2D eigenvalue weighted by atomic mass is 10.2. The molecule has 0 fully saturated rings. The molecule has 0 radical (unpaired) electrons. The molecule has 0 aromatic carbocycles. The van der Waals surface area contributed by atoms with Crippen molar-refractivity contribution in [2.75, 3.05) is 0 Å². The third-order valence-corrected chi connectivity index (χ3v) is 1.75. The third kappa shape index (κ3) is 2.23. The average Bonchev–Trinajstić information content (AvgIpc) is 2.26. The summed E-state index contributed by atoms with van der Waals surface area (Å²) in [6.45, 7) is 1.77. The van der Waals surface area contributed by atoms with Gasteiger partial charge in [0.2, 0.25) is 0 Å². The number of aliphatic carboxylic acids is 1. The lowest BCUT2D eigenvalue weighted by Gasteiger charge is -1.92. The molecule has 0 amide bonds. The van der Waals surface area contributed by atoms with Gasteiger partial charge in [0.05, 0.1) is 12.1 Å². The molecule has 12 heavy (non-hydrogen) atoms. The van der Waals surface area contributed by atoms with Crippen molar-refractivity contribution in [3.05, 3.63) is 16.7 Å². The fourth-order valence-electron chi connectivity index (χ4n) is 0.910. The zero-order valence-corrected chi connectivity index (χ0v) is 7.35. The summed E-state index contributed by atoms with van der Waals surface area (Å²) in [5.74, 6) is -0.126. The number of hydrogen-bond acceptors (Lipinski definition) is 2. The maximum absolute atomic E-state index is 10.2. The van der Waals surface area contributed by atoms with E-state index in [0.29, 0.717) is 23.1 Å². The van der Waals surface area contributed by atoms with Gasteiger partial charge < -0.3 is 10.1 Å². The molecule has 0 aliphatic carbocycles. The first-order valence-electron chi connectivity index (χ1n) is 3.52. The SMILES string of the molecule is Cc1nc(Cl)c(CCC(=O)O)[nH]1. The van der Waals surface area contributed by atoms with Crippen LogP contribution in [-0.4, -0.2) is 21.0 Å². The number of rotatable bonds is 3. The highest BCUT2D eigenvalue weighted by Crippen LogP contribution is 2.13. The van der Waals surface area contributed by atoms with E-state index in [1.165, 1.54) is 0 Å². The molecular formula is C7H9ClN2O2. The Bertz CT molecular complexity index is 296. The monoisotopic (exact) mass is 188 g/mol. The van der Waals surface area contributed by atoms with Gasteiger partial charge in [-0.1, -0.05) is 11.6 Å². The molecule has 0 aliphatic rings. The minimum atomic E-state index is -0.835. The number of nitrogens with one attached hydrogen (secondary N) is 1. The maximum atomic E-state index is 10.2. The van der Waals surface area contributed by atoms with Crippen LogP contribution in [-0.2, 0) is 11.2 Å². The van der Waals surface area contributed by atoms with Crippen LogP contribution in [0.3, 0.4) is 0 Å². The summed E-state index contributed by atoms with van der Waals surface area (Å²) in [5, 5.41) is 8.76. The summed E-state index contributed by atoms with van der Waals surface area (Å²) in [6, 6.07) is 0. The summed E-state index contributed by atoms with van der Waals surface area (Å²) in [7, 11) is 0. The van der Waals surface area contributed by atoms with Crippen LogP contribution in [0.5, 0.6) is 0 Å². The molecule has 66 valence electrons. The number of carboxylic acids is 1. The van der Waals surface area contributed by atoms with Crippen LogP contribution in [0, 0.1) is 6.92 Å². The molecule has 0 bridgehead atoms. The quantitative estimate of drug-likeness (QED) is 0.754. The lowest BCUT2D eigenvalue weighted by molar-refractivity contribution is -0.136. The van der Waals surface area contributed by atoms with E-state index in [1.54, 1.807) is 6.92 Å². The van der Waals surface area contributed by atoms with Crippen LogP contribution >= 0.6 is 11.6 Å². The van der Waals surface area contributed by atoms with E-state index in [0.717, 1.165) is 0 Å². The number of carboxylic acid groups (broad SMARTS) is 1. The molecule has 0 aliphatic heterocycles. The first-order valence-corrected chi connectivity index (χ1v) is 3.90. The van der Waals surface area contributed by atoms with Crippen LogP contribution in [0.15, 0.2) is 0 Å². The summed E-state index contributed by atoms with van der Waals surface area (Å²) >= 11 is 5.69. The average molecular weight is 189 g/mol. The number of halogens is 1. The number of imidazole rings is 1. The van der Waals surface area contributed by atoms with E-state index in [1.807, 2.05) is 0 Å². The van der Waals surface area contributed by atoms with Crippen molar-refractivity contribution in [3.8, 4) is 0 Å². The van der Waals surface area contributed by atoms with Crippen molar-refractivity contribution in [3.63, 3.8) is 0 Å². The normalized spacial score (nSPS) is 10.2. The fraction of sp³-hybridized carbons (Fsp3) is 0.429. The Morgan fingerprint density at radius 2 is 2.42 bits per heavy atom. The molecule has 1 aromatic heterocycles. The van der Waals surface area contributed by atoms with E-state index < -0.39 is 5.97 Å². The largest absolute Gasteiger partial charge is 0.481 e. The smallest absolute Gasteiger partial charge is 0.303 e. The second kappa shape index (κ2) is 3.58. The summed E-state index contributed by atoms with van der Waals surface area (Å²) in [4.78, 5) is 17.0. The summed E-state index contributed by atoms with van der Waals surface area (Å²) in [5.41, 5.74) is 0.691. The van der Waals surface area contributed by atoms with E-state index >= 15 is 0 Å². The highest BCUT2D eigenvalue weighted by Gasteiger charge is 2.06.